The smallest absolute Gasteiger partial charge is 0.454 e. The van der Waals surface area contributed by atoms with Crippen LogP contribution in [0.25, 0.3) is 13.2 Å². The zero-order chi connectivity index (χ0) is 13.2. The molecule has 5 nitrogen and oxygen atoms in total. The van der Waals surface area contributed by atoms with E-state index in [0.717, 1.165) is 0 Å². The molecule has 0 amide bonds. The second-order valence-corrected chi connectivity index (χ2v) is 2.43. The van der Waals surface area contributed by atoms with Crippen molar-refractivity contribution in [2.75, 3.05) is 6.75 Å². The van der Waals surface area contributed by atoms with Crippen LogP contribution >= 0.6 is 0 Å². The van der Waals surface area contributed by atoms with Gasteiger partial charge in [-0.2, -0.15) is 0 Å². The number of rotatable bonds is 0. The zero-order valence-corrected chi connectivity index (χ0v) is 7.87. The Balaban J connectivity index is 0. The first-order chi connectivity index (χ1) is 7.71. The monoisotopic (exact) mass is 246 g/mol. The van der Waals surface area contributed by atoms with E-state index in [1.54, 1.807) is 0 Å². The predicted octanol–water partition coefficient (Wildman–Crippen LogP) is 1.34. The van der Waals surface area contributed by atoms with Crippen LogP contribution in [0.5, 0.6) is 0 Å². The molecule has 1 aromatic heterocycles. The van der Waals surface area contributed by atoms with Crippen LogP contribution in [0.3, 0.4) is 0 Å². The van der Waals surface area contributed by atoms with Crippen molar-refractivity contribution in [1.82, 2.24) is 0 Å². The van der Waals surface area contributed by atoms with Crippen molar-refractivity contribution >= 4 is 13.2 Å². The fourth-order valence-electron chi connectivity index (χ4n) is 0.571. The van der Waals surface area contributed by atoms with E-state index in [0.29, 0.717) is 0 Å². The van der Waals surface area contributed by atoms with E-state index < -0.39 is 12.6 Å². The van der Waals surface area contributed by atoms with Gasteiger partial charge in [-0.3, -0.25) is 0 Å². The van der Waals surface area contributed by atoms with Crippen LogP contribution in [0.4, 0.5) is 0 Å². The third-order valence-electron chi connectivity index (χ3n) is 1.36. The average molecular weight is 246 g/mol. The van der Waals surface area contributed by atoms with Gasteiger partial charge in [-0.25, -0.2) is 4.79 Å². The third kappa shape index (κ3) is 4.92. The molecule has 17 heavy (non-hydrogen) atoms. The highest BCUT2D eigenvalue weighted by atomic mass is 16.7. The minimum atomic E-state index is -2.06. The fraction of sp³-hybridized carbons (Fsp3) is 0.250. The molecule has 0 spiro atoms. The lowest BCUT2D eigenvalue weighted by Crippen LogP contribution is -2.13. The maximum absolute atomic E-state index is 10.1. The molecule has 0 N–H and O–H groups in total. The highest BCUT2D eigenvalue weighted by Gasteiger charge is 2.08. The molecule has 1 fully saturated rings. The van der Waals surface area contributed by atoms with Crippen molar-refractivity contribution in [1.29, 1.82) is 0 Å². The normalized spacial score (nSPS) is 16.9. The lowest BCUT2D eigenvalue weighted by Gasteiger charge is -1.84. The SMILES string of the molecule is C.C.C=c1oc(=O)oc1=C.[3H]C1([3H])OC(=C)C(=C)O1. The highest BCUT2D eigenvalue weighted by molar-refractivity contribution is 5.14. The van der Waals surface area contributed by atoms with Gasteiger partial charge in [0, 0.05) is 0 Å². The van der Waals surface area contributed by atoms with Crippen LogP contribution in [-0.4, -0.2) is 6.75 Å². The molecule has 0 saturated carbocycles. The molecule has 0 atom stereocenters. The van der Waals surface area contributed by atoms with Crippen molar-refractivity contribution in [2.45, 2.75) is 14.9 Å². The largest absolute Gasteiger partial charge is 0.519 e. The van der Waals surface area contributed by atoms with Gasteiger partial charge in [0.2, 0.25) is 6.75 Å². The van der Waals surface area contributed by atoms with E-state index in [2.05, 4.69) is 44.6 Å². The van der Waals surface area contributed by atoms with E-state index in [4.69, 9.17) is 2.74 Å². The molecule has 5 heteroatoms. The molecule has 1 saturated heterocycles. The van der Waals surface area contributed by atoms with Crippen molar-refractivity contribution in [2.24, 2.45) is 0 Å². The Morgan fingerprint density at radius 1 is 0.941 bits per heavy atom. The minimum Gasteiger partial charge on any atom is -0.454 e. The topological polar surface area (TPSA) is 61.8 Å². The molecule has 1 aliphatic rings. The summed E-state index contributed by atoms with van der Waals surface area (Å²) < 4.78 is 31.3. The van der Waals surface area contributed by atoms with Crippen LogP contribution in [0.15, 0.2) is 38.3 Å². The molecule has 96 valence electrons. The maximum Gasteiger partial charge on any atom is 0.519 e. The molecule has 0 unspecified atom stereocenters. The summed E-state index contributed by atoms with van der Waals surface area (Å²) in [5.74, 6) is -0.444. The van der Waals surface area contributed by atoms with Gasteiger partial charge in [0.1, 0.15) is 2.74 Å². The zero-order valence-electron chi connectivity index (χ0n) is 9.87. The summed E-state index contributed by atoms with van der Waals surface area (Å²) in [6.07, 6.45) is 0. The van der Waals surface area contributed by atoms with Crippen LogP contribution in [0.1, 0.15) is 17.6 Å². The van der Waals surface area contributed by atoms with Crippen molar-refractivity contribution in [3.63, 3.8) is 0 Å². The van der Waals surface area contributed by atoms with Gasteiger partial charge < -0.3 is 18.3 Å². The van der Waals surface area contributed by atoms with E-state index >= 15 is 0 Å². The molecule has 0 aromatic carbocycles. The Hall–Kier alpha value is -2.17. The van der Waals surface area contributed by atoms with Crippen molar-refractivity contribution in [3.05, 3.63) is 46.1 Å². The minimum absolute atomic E-state index is 0. The second-order valence-electron chi connectivity index (χ2n) is 2.43. The third-order valence-corrected chi connectivity index (χ3v) is 1.36. The highest BCUT2D eigenvalue weighted by Crippen LogP contribution is 2.15. The van der Waals surface area contributed by atoms with Crippen molar-refractivity contribution < 1.29 is 21.0 Å². The van der Waals surface area contributed by atoms with Gasteiger partial charge in [-0.05, 0) is 0 Å². The Labute approximate surface area is 103 Å². The second kappa shape index (κ2) is 7.16. The Morgan fingerprint density at radius 2 is 1.29 bits per heavy atom. The lowest BCUT2D eigenvalue weighted by molar-refractivity contribution is 0.0983. The molecule has 0 radical (unpaired) electrons. The first-order valence-corrected chi connectivity index (χ1v) is 3.75. The molecule has 0 bridgehead atoms. The van der Waals surface area contributed by atoms with E-state index in [9.17, 15) is 4.79 Å². The summed E-state index contributed by atoms with van der Waals surface area (Å²) in [6, 6.07) is 0. The van der Waals surface area contributed by atoms with Gasteiger partial charge in [-0.15, -0.1) is 0 Å². The summed E-state index contributed by atoms with van der Waals surface area (Å²) in [7, 11) is 0. The van der Waals surface area contributed by atoms with Crippen LogP contribution < -0.4 is 16.7 Å². The number of hydrogen-bond acceptors (Lipinski definition) is 5. The van der Waals surface area contributed by atoms with Gasteiger partial charge in [0.15, 0.2) is 22.3 Å². The average Bonchev–Trinajstić information content (AvgIpc) is 2.54. The fourth-order valence-corrected chi connectivity index (χ4v) is 0.571. The van der Waals surface area contributed by atoms with E-state index in [1.807, 2.05) is 0 Å². The molecular formula is C12H18O5. The summed E-state index contributed by atoms with van der Waals surface area (Å²) in [5.41, 5.74) is 0.380. The molecule has 1 aromatic rings. The Morgan fingerprint density at radius 3 is 1.41 bits per heavy atom. The number of ether oxygens (including phenoxy) is 2. The molecular weight excluding hydrogens is 224 g/mol. The Bertz CT molecular complexity index is 548. The quantitative estimate of drug-likeness (QED) is 0.691. The maximum atomic E-state index is 10.1. The first-order valence-electron chi connectivity index (χ1n) is 4.75. The molecule has 0 aliphatic carbocycles. The molecule has 2 rings (SSSR count). The van der Waals surface area contributed by atoms with Crippen LogP contribution in [0, 0.1) is 0 Å². The summed E-state index contributed by atoms with van der Waals surface area (Å²) in [4.78, 5) is 10.1. The van der Waals surface area contributed by atoms with Crippen LogP contribution in [-0.2, 0) is 9.47 Å². The van der Waals surface area contributed by atoms with Crippen molar-refractivity contribution in [3.8, 4) is 0 Å². The summed E-state index contributed by atoms with van der Waals surface area (Å²) in [5, 5.41) is 0. The number of hydrogen-bond donors (Lipinski definition) is 0. The van der Waals surface area contributed by atoms with Gasteiger partial charge in [0.05, 0.1) is 0 Å². The van der Waals surface area contributed by atoms with Gasteiger partial charge >= 0.3 is 5.82 Å². The van der Waals surface area contributed by atoms with E-state index in [-0.39, 0.29) is 37.2 Å². The lowest BCUT2D eigenvalue weighted by atomic mass is 10.5. The standard InChI is InChI=1S/C5H4O3.C5H6O2.2CH4/c1-3-4(2)8-5(6)7-3;1-4-5(2)7-3-6-4;;/h1-2H2;1-3H2;2*1H4/i;3T2;;. The van der Waals surface area contributed by atoms with Crippen LogP contribution in [0.2, 0.25) is 0 Å². The summed E-state index contributed by atoms with van der Waals surface area (Å²) in [6.45, 7) is 11.3. The molecule has 1 aliphatic heterocycles. The molecule has 2 heterocycles. The summed E-state index contributed by atoms with van der Waals surface area (Å²) >= 11 is 0. The Kier molecular flexibility index (Phi) is 5.43. The van der Waals surface area contributed by atoms with Gasteiger partial charge in [0.25, 0.3) is 0 Å². The predicted molar refractivity (Wildman–Crippen MR) is 66.3 cm³/mol. The van der Waals surface area contributed by atoms with E-state index in [1.165, 1.54) is 0 Å². The van der Waals surface area contributed by atoms with Gasteiger partial charge in [-0.1, -0.05) is 41.2 Å². The first kappa shape index (κ1) is 12.9.